The van der Waals surface area contributed by atoms with Gasteiger partial charge in [-0.3, -0.25) is 4.79 Å². The smallest absolute Gasteiger partial charge is 0.274 e. The van der Waals surface area contributed by atoms with Crippen molar-refractivity contribution in [2.75, 3.05) is 19.7 Å². The molecule has 1 fully saturated rings. The van der Waals surface area contributed by atoms with Crippen molar-refractivity contribution >= 4 is 30.7 Å². The van der Waals surface area contributed by atoms with Crippen molar-refractivity contribution in [3.8, 4) is 5.75 Å². The maximum absolute atomic E-state index is 12.2. The summed E-state index contributed by atoms with van der Waals surface area (Å²) in [5, 5.41) is 6.01. The molecule has 9 heteroatoms. The van der Waals surface area contributed by atoms with Gasteiger partial charge in [0.05, 0.1) is 0 Å². The van der Waals surface area contributed by atoms with Gasteiger partial charge in [-0.1, -0.05) is 0 Å². The van der Waals surface area contributed by atoms with Crippen molar-refractivity contribution in [3.63, 3.8) is 0 Å². The Balaban J connectivity index is 0.00000220. The van der Waals surface area contributed by atoms with Crippen LogP contribution in [0.2, 0.25) is 0 Å². The van der Waals surface area contributed by atoms with Gasteiger partial charge in [0.15, 0.2) is 11.4 Å². The number of rotatable bonds is 5. The molecule has 1 aliphatic rings. The first-order chi connectivity index (χ1) is 9.66. The van der Waals surface area contributed by atoms with Crippen molar-refractivity contribution in [2.45, 2.75) is 25.3 Å². The zero-order valence-electron chi connectivity index (χ0n) is 11.8. The third-order valence-electron chi connectivity index (χ3n) is 2.98. The molecule has 2 N–H and O–H groups in total. The predicted octanol–water partition coefficient (Wildman–Crippen LogP) is 2.05. The molecule has 0 bridgehead atoms. The molecule has 1 amide bonds. The summed E-state index contributed by atoms with van der Waals surface area (Å²) in [6, 6.07) is 3.03. The van der Waals surface area contributed by atoms with Gasteiger partial charge >= 0.3 is 0 Å². The summed E-state index contributed by atoms with van der Waals surface area (Å²) in [6.07, 6.45) is 0.720. The van der Waals surface area contributed by atoms with E-state index in [2.05, 4.69) is 15.6 Å². The van der Waals surface area contributed by atoms with Gasteiger partial charge in [-0.05, 0) is 31.5 Å². The summed E-state index contributed by atoms with van der Waals surface area (Å²) >= 11 is 0. The number of aromatic nitrogens is 1. The van der Waals surface area contributed by atoms with Gasteiger partial charge in [0.25, 0.3) is 12.3 Å². The van der Waals surface area contributed by atoms with Gasteiger partial charge in [0.2, 0.25) is 0 Å². The molecule has 0 unspecified atom stereocenters. The maximum atomic E-state index is 12.2. The first-order valence-corrected chi connectivity index (χ1v) is 6.54. The molecule has 22 heavy (non-hydrogen) atoms. The normalized spacial score (nSPS) is 17.1. The summed E-state index contributed by atoms with van der Waals surface area (Å²) in [7, 11) is 0. The van der Waals surface area contributed by atoms with E-state index in [9.17, 15) is 13.6 Å². The SMILES string of the molecule is Cl.Cl.O=C(N[C@H]1CCCNC1)c1ncccc1OCC(F)F. The number of carbonyl (C=O) groups is 1. The summed E-state index contributed by atoms with van der Waals surface area (Å²) in [4.78, 5) is 16.0. The zero-order chi connectivity index (χ0) is 14.4. The van der Waals surface area contributed by atoms with Crippen LogP contribution in [0.3, 0.4) is 0 Å². The van der Waals surface area contributed by atoms with Crippen molar-refractivity contribution in [3.05, 3.63) is 24.0 Å². The molecule has 1 saturated heterocycles. The molecule has 0 aromatic carbocycles. The van der Waals surface area contributed by atoms with E-state index in [1.54, 1.807) is 6.07 Å². The van der Waals surface area contributed by atoms with E-state index < -0.39 is 18.9 Å². The third kappa shape index (κ3) is 6.29. The highest BCUT2D eigenvalue weighted by molar-refractivity contribution is 5.95. The lowest BCUT2D eigenvalue weighted by Gasteiger charge is -2.23. The molecular weight excluding hydrogens is 339 g/mol. The second-order valence-corrected chi connectivity index (χ2v) is 4.57. The van der Waals surface area contributed by atoms with E-state index >= 15 is 0 Å². The first kappa shape index (κ1) is 20.8. The number of nitrogens with one attached hydrogen (secondary N) is 2. The Morgan fingerprint density at radius 1 is 1.50 bits per heavy atom. The number of alkyl halides is 2. The monoisotopic (exact) mass is 357 g/mol. The maximum Gasteiger partial charge on any atom is 0.274 e. The number of hydrogen-bond donors (Lipinski definition) is 2. The van der Waals surface area contributed by atoms with Crippen LogP contribution in [0.1, 0.15) is 23.3 Å². The Labute approximate surface area is 140 Å². The van der Waals surface area contributed by atoms with Crippen molar-refractivity contribution in [1.29, 1.82) is 0 Å². The van der Waals surface area contributed by atoms with Crippen molar-refractivity contribution in [2.24, 2.45) is 0 Å². The number of nitrogens with zero attached hydrogens (tertiary/aromatic N) is 1. The van der Waals surface area contributed by atoms with Gasteiger partial charge in [0.1, 0.15) is 6.61 Å². The topological polar surface area (TPSA) is 63.2 Å². The molecule has 1 aromatic rings. The molecule has 0 saturated carbocycles. The van der Waals surface area contributed by atoms with Crippen LogP contribution in [0.15, 0.2) is 18.3 Å². The number of piperidine rings is 1. The number of amides is 1. The van der Waals surface area contributed by atoms with Gasteiger partial charge in [-0.25, -0.2) is 13.8 Å². The average Bonchev–Trinajstić information content (AvgIpc) is 2.46. The Morgan fingerprint density at radius 2 is 2.27 bits per heavy atom. The van der Waals surface area contributed by atoms with Gasteiger partial charge in [0, 0.05) is 18.8 Å². The molecule has 2 heterocycles. The van der Waals surface area contributed by atoms with Crippen LogP contribution in [0.25, 0.3) is 0 Å². The van der Waals surface area contributed by atoms with E-state index in [1.807, 2.05) is 0 Å². The van der Waals surface area contributed by atoms with Crippen LogP contribution in [-0.2, 0) is 0 Å². The van der Waals surface area contributed by atoms with Crippen LogP contribution in [0, 0.1) is 0 Å². The number of carbonyl (C=O) groups excluding carboxylic acids is 1. The van der Waals surface area contributed by atoms with Gasteiger partial charge in [-0.2, -0.15) is 0 Å². The quantitative estimate of drug-likeness (QED) is 0.846. The first-order valence-electron chi connectivity index (χ1n) is 6.54. The summed E-state index contributed by atoms with van der Waals surface area (Å²) < 4.78 is 29.3. The Bertz CT molecular complexity index is 461. The van der Waals surface area contributed by atoms with Crippen LogP contribution >= 0.6 is 24.8 Å². The summed E-state index contributed by atoms with van der Waals surface area (Å²) in [6.45, 7) is 0.890. The number of ether oxygens (including phenoxy) is 1. The molecule has 0 spiro atoms. The fourth-order valence-electron chi connectivity index (χ4n) is 2.06. The second kappa shape index (κ2) is 10.5. The summed E-state index contributed by atoms with van der Waals surface area (Å²) in [5.41, 5.74) is 0.0405. The van der Waals surface area contributed by atoms with Crippen LogP contribution in [0.4, 0.5) is 8.78 Å². The lowest BCUT2D eigenvalue weighted by Crippen LogP contribution is -2.45. The predicted molar refractivity (Wildman–Crippen MR) is 83.6 cm³/mol. The van der Waals surface area contributed by atoms with Crippen LogP contribution in [0.5, 0.6) is 5.75 Å². The average molecular weight is 358 g/mol. The number of halogens is 4. The Kier molecular flexibility index (Phi) is 9.97. The highest BCUT2D eigenvalue weighted by Gasteiger charge is 2.20. The number of hydrogen-bond acceptors (Lipinski definition) is 4. The second-order valence-electron chi connectivity index (χ2n) is 4.57. The lowest BCUT2D eigenvalue weighted by atomic mass is 10.1. The molecule has 1 aromatic heterocycles. The minimum absolute atomic E-state index is 0. The van der Waals surface area contributed by atoms with Crippen molar-refractivity contribution < 1.29 is 18.3 Å². The van der Waals surface area contributed by atoms with Gasteiger partial charge < -0.3 is 15.4 Å². The van der Waals surface area contributed by atoms with Crippen LogP contribution < -0.4 is 15.4 Å². The molecule has 0 aliphatic carbocycles. The third-order valence-corrected chi connectivity index (χ3v) is 2.98. The lowest BCUT2D eigenvalue weighted by molar-refractivity contribution is 0.0786. The minimum Gasteiger partial charge on any atom is -0.485 e. The fourth-order valence-corrected chi connectivity index (χ4v) is 2.06. The van der Waals surface area contributed by atoms with E-state index in [1.165, 1.54) is 12.3 Å². The van der Waals surface area contributed by atoms with E-state index in [0.29, 0.717) is 6.54 Å². The summed E-state index contributed by atoms with van der Waals surface area (Å²) in [5.74, 6) is -0.322. The largest absolute Gasteiger partial charge is 0.485 e. The zero-order valence-corrected chi connectivity index (χ0v) is 13.4. The number of pyridine rings is 1. The molecule has 1 aliphatic heterocycles. The van der Waals surface area contributed by atoms with Gasteiger partial charge in [-0.15, -0.1) is 24.8 Å². The highest BCUT2D eigenvalue weighted by Crippen LogP contribution is 2.16. The Morgan fingerprint density at radius 3 is 2.91 bits per heavy atom. The molecule has 2 rings (SSSR count). The molecule has 0 radical (unpaired) electrons. The van der Waals surface area contributed by atoms with E-state index in [4.69, 9.17) is 4.74 Å². The van der Waals surface area contributed by atoms with E-state index in [0.717, 1.165) is 19.4 Å². The van der Waals surface area contributed by atoms with E-state index in [-0.39, 0.29) is 42.3 Å². The molecule has 1 atom stereocenters. The standard InChI is InChI=1S/C13H17F2N3O2.2ClH/c14-11(15)8-20-10-4-2-6-17-12(10)13(19)18-9-3-1-5-16-7-9;;/h2,4,6,9,11,16H,1,3,5,7-8H2,(H,18,19);2*1H/t9-;;/m0../s1. The molecule has 5 nitrogen and oxygen atoms in total. The molecule has 126 valence electrons. The van der Waals surface area contributed by atoms with Crippen LogP contribution in [-0.4, -0.2) is 43.1 Å². The molecular formula is C13H19Cl2F2N3O2. The van der Waals surface area contributed by atoms with Crippen molar-refractivity contribution in [1.82, 2.24) is 15.6 Å². The fraction of sp³-hybridized carbons (Fsp3) is 0.538. The Hall–Kier alpha value is -1.18. The minimum atomic E-state index is -2.59. The highest BCUT2D eigenvalue weighted by atomic mass is 35.5.